The van der Waals surface area contributed by atoms with Gasteiger partial charge >= 0.3 is 0 Å². The number of amides is 1. The molecule has 0 fully saturated rings. The minimum atomic E-state index is -3.43. The number of hydrogen-bond donors (Lipinski definition) is 1. The Hall–Kier alpha value is -1.60. The van der Waals surface area contributed by atoms with Gasteiger partial charge in [-0.05, 0) is 38.0 Å². The summed E-state index contributed by atoms with van der Waals surface area (Å²) in [6.45, 7) is 3.77. The highest BCUT2D eigenvalue weighted by atomic mass is 32.2. The highest BCUT2D eigenvalue weighted by molar-refractivity contribution is 7.88. The molecule has 7 heteroatoms. The van der Waals surface area contributed by atoms with Crippen LogP contribution in [0.2, 0.25) is 0 Å². The number of hydrogen-bond acceptors (Lipinski definition) is 4. The second kappa shape index (κ2) is 8.14. The molecular formula is C15H24N2O4S. The summed E-state index contributed by atoms with van der Waals surface area (Å²) in [5.41, 5.74) is 0.985. The molecule has 124 valence electrons. The fraction of sp³-hybridized carbons (Fsp3) is 0.533. The minimum absolute atomic E-state index is 0.0181. The van der Waals surface area contributed by atoms with Crippen molar-refractivity contribution in [3.05, 3.63) is 29.8 Å². The number of ether oxygens (including phenoxy) is 1. The molecule has 0 unspecified atom stereocenters. The van der Waals surface area contributed by atoms with Crippen LogP contribution in [0.25, 0.3) is 0 Å². The molecule has 22 heavy (non-hydrogen) atoms. The van der Waals surface area contributed by atoms with Crippen LogP contribution in [0, 0.1) is 0 Å². The van der Waals surface area contributed by atoms with E-state index in [9.17, 15) is 13.2 Å². The fourth-order valence-electron chi connectivity index (χ4n) is 1.94. The zero-order chi connectivity index (χ0) is 16.8. The van der Waals surface area contributed by atoms with Crippen LogP contribution in [0.3, 0.4) is 0 Å². The lowest BCUT2D eigenvalue weighted by atomic mass is 10.1. The molecule has 1 rings (SSSR count). The van der Waals surface area contributed by atoms with E-state index >= 15 is 0 Å². The quantitative estimate of drug-likeness (QED) is 0.773. The van der Waals surface area contributed by atoms with Gasteiger partial charge in [0.2, 0.25) is 15.9 Å². The number of nitrogens with one attached hydrogen (secondary N) is 1. The molecule has 1 N–H and O–H groups in total. The first kappa shape index (κ1) is 18.4. The predicted octanol–water partition coefficient (Wildman–Crippen LogP) is 1.02. The zero-order valence-corrected chi connectivity index (χ0v) is 14.3. The Balaban J connectivity index is 2.67. The third-order valence-electron chi connectivity index (χ3n) is 3.05. The first-order valence-electron chi connectivity index (χ1n) is 7.09. The van der Waals surface area contributed by atoms with Crippen molar-refractivity contribution < 1.29 is 17.9 Å². The van der Waals surface area contributed by atoms with Crippen LogP contribution >= 0.6 is 0 Å². The maximum atomic E-state index is 11.8. The normalized spacial score (nSPS) is 11.7. The SMILES string of the molecule is COc1ccc(CCN(CC(=O)NC(C)C)S(C)(=O)=O)cc1. The largest absolute Gasteiger partial charge is 0.497 e. The van der Waals surface area contributed by atoms with E-state index in [1.54, 1.807) is 7.11 Å². The molecule has 0 bridgehead atoms. The van der Waals surface area contributed by atoms with Gasteiger partial charge in [-0.2, -0.15) is 4.31 Å². The monoisotopic (exact) mass is 328 g/mol. The molecule has 0 atom stereocenters. The smallest absolute Gasteiger partial charge is 0.235 e. The summed E-state index contributed by atoms with van der Waals surface area (Å²) in [4.78, 5) is 11.8. The van der Waals surface area contributed by atoms with E-state index in [1.807, 2.05) is 38.1 Å². The van der Waals surface area contributed by atoms with Gasteiger partial charge in [-0.15, -0.1) is 0 Å². The lowest BCUT2D eigenvalue weighted by Crippen LogP contribution is -2.43. The Morgan fingerprint density at radius 2 is 1.86 bits per heavy atom. The second-order valence-electron chi connectivity index (χ2n) is 5.42. The van der Waals surface area contributed by atoms with Crippen LogP contribution < -0.4 is 10.1 Å². The number of carbonyl (C=O) groups excluding carboxylic acids is 1. The fourth-order valence-corrected chi connectivity index (χ4v) is 2.71. The molecule has 0 heterocycles. The first-order chi connectivity index (χ1) is 10.2. The Kier molecular flexibility index (Phi) is 6.83. The maximum Gasteiger partial charge on any atom is 0.235 e. The van der Waals surface area contributed by atoms with Gasteiger partial charge in [0.1, 0.15) is 5.75 Å². The number of nitrogens with zero attached hydrogens (tertiary/aromatic N) is 1. The summed E-state index contributed by atoms with van der Waals surface area (Å²) < 4.78 is 29.9. The zero-order valence-electron chi connectivity index (χ0n) is 13.5. The number of sulfonamides is 1. The number of carbonyl (C=O) groups is 1. The summed E-state index contributed by atoms with van der Waals surface area (Å²) in [6, 6.07) is 7.40. The summed E-state index contributed by atoms with van der Waals surface area (Å²) in [6.07, 6.45) is 1.65. The molecule has 0 radical (unpaired) electrons. The third-order valence-corrected chi connectivity index (χ3v) is 4.30. The van der Waals surface area contributed by atoms with Gasteiger partial charge < -0.3 is 10.1 Å². The van der Waals surface area contributed by atoms with Crippen LogP contribution in [0.5, 0.6) is 5.75 Å². The van der Waals surface area contributed by atoms with Gasteiger partial charge in [-0.1, -0.05) is 12.1 Å². The molecule has 0 spiro atoms. The van der Waals surface area contributed by atoms with Crippen molar-refractivity contribution in [3.63, 3.8) is 0 Å². The number of benzene rings is 1. The van der Waals surface area contributed by atoms with E-state index in [1.165, 1.54) is 4.31 Å². The van der Waals surface area contributed by atoms with E-state index in [-0.39, 0.29) is 25.0 Å². The molecule has 6 nitrogen and oxygen atoms in total. The van der Waals surface area contributed by atoms with Gasteiger partial charge in [0.05, 0.1) is 19.9 Å². The number of rotatable bonds is 8. The molecule has 1 aromatic rings. The summed E-state index contributed by atoms with van der Waals surface area (Å²) in [7, 11) is -1.84. The van der Waals surface area contributed by atoms with Crippen molar-refractivity contribution in [2.45, 2.75) is 26.3 Å². The average Bonchev–Trinajstić information content (AvgIpc) is 2.42. The molecule has 1 amide bonds. The van der Waals surface area contributed by atoms with E-state index in [0.29, 0.717) is 6.42 Å². The van der Waals surface area contributed by atoms with Crippen molar-refractivity contribution in [1.82, 2.24) is 9.62 Å². The predicted molar refractivity (Wildman–Crippen MR) is 86.4 cm³/mol. The van der Waals surface area contributed by atoms with Crippen molar-refractivity contribution in [3.8, 4) is 5.75 Å². The highest BCUT2D eigenvalue weighted by Gasteiger charge is 2.20. The standard InChI is InChI=1S/C15H24N2O4S/c1-12(2)16-15(18)11-17(22(4,19)20)10-9-13-5-7-14(21-3)8-6-13/h5-8,12H,9-11H2,1-4H3,(H,16,18). The Morgan fingerprint density at radius 1 is 1.27 bits per heavy atom. The Labute approximate surface area is 132 Å². The average molecular weight is 328 g/mol. The number of methoxy groups -OCH3 is 1. The van der Waals surface area contributed by atoms with Crippen LogP contribution in [-0.2, 0) is 21.2 Å². The minimum Gasteiger partial charge on any atom is -0.497 e. The summed E-state index contributed by atoms with van der Waals surface area (Å²) in [5, 5.41) is 2.70. The molecule has 0 aliphatic heterocycles. The molecule has 0 aliphatic rings. The van der Waals surface area contributed by atoms with Crippen molar-refractivity contribution >= 4 is 15.9 Å². The van der Waals surface area contributed by atoms with E-state index in [0.717, 1.165) is 17.6 Å². The maximum absolute atomic E-state index is 11.8. The summed E-state index contributed by atoms with van der Waals surface area (Å²) in [5.74, 6) is 0.454. The first-order valence-corrected chi connectivity index (χ1v) is 8.94. The van der Waals surface area contributed by atoms with E-state index in [4.69, 9.17) is 4.74 Å². The molecule has 0 saturated heterocycles. The van der Waals surface area contributed by atoms with Gasteiger partial charge in [0, 0.05) is 12.6 Å². The Morgan fingerprint density at radius 3 is 2.32 bits per heavy atom. The van der Waals surface area contributed by atoms with Gasteiger partial charge in [-0.25, -0.2) is 8.42 Å². The van der Waals surface area contributed by atoms with Crippen molar-refractivity contribution in [2.24, 2.45) is 0 Å². The molecular weight excluding hydrogens is 304 g/mol. The van der Waals surface area contributed by atoms with E-state index < -0.39 is 10.0 Å². The van der Waals surface area contributed by atoms with Crippen LogP contribution in [-0.4, -0.2) is 51.1 Å². The van der Waals surface area contributed by atoms with Gasteiger partial charge in [-0.3, -0.25) is 4.79 Å². The van der Waals surface area contributed by atoms with Crippen molar-refractivity contribution in [1.29, 1.82) is 0 Å². The molecule has 0 saturated carbocycles. The lowest BCUT2D eigenvalue weighted by Gasteiger charge is -2.20. The van der Waals surface area contributed by atoms with Crippen LogP contribution in [0.15, 0.2) is 24.3 Å². The summed E-state index contributed by atoms with van der Waals surface area (Å²) >= 11 is 0. The topological polar surface area (TPSA) is 75.7 Å². The molecule has 0 aromatic heterocycles. The Bertz CT molecular complexity index is 582. The lowest BCUT2D eigenvalue weighted by molar-refractivity contribution is -0.121. The highest BCUT2D eigenvalue weighted by Crippen LogP contribution is 2.12. The van der Waals surface area contributed by atoms with Gasteiger partial charge in [0.25, 0.3) is 0 Å². The van der Waals surface area contributed by atoms with Gasteiger partial charge in [0.15, 0.2) is 0 Å². The molecule has 0 aliphatic carbocycles. The third kappa shape index (κ3) is 6.44. The van der Waals surface area contributed by atoms with Crippen LogP contribution in [0.1, 0.15) is 19.4 Å². The molecule has 1 aromatic carbocycles. The van der Waals surface area contributed by atoms with Crippen LogP contribution in [0.4, 0.5) is 0 Å². The van der Waals surface area contributed by atoms with Crippen molar-refractivity contribution in [2.75, 3.05) is 26.5 Å². The second-order valence-corrected chi connectivity index (χ2v) is 7.40. The van der Waals surface area contributed by atoms with E-state index in [2.05, 4.69) is 5.32 Å².